The van der Waals surface area contributed by atoms with Crippen molar-refractivity contribution < 1.29 is 9.59 Å². The van der Waals surface area contributed by atoms with E-state index in [0.29, 0.717) is 5.69 Å². The van der Waals surface area contributed by atoms with Crippen molar-refractivity contribution in [3.63, 3.8) is 0 Å². The Morgan fingerprint density at radius 2 is 2.28 bits per heavy atom. The lowest BCUT2D eigenvalue weighted by Gasteiger charge is -2.16. The number of hydrogen-bond acceptors (Lipinski definition) is 3. The highest BCUT2D eigenvalue weighted by Crippen LogP contribution is 2.21. The standard InChI is InChI=1S/C12H16N4O2/c1-16-10(11(13)17)9(7-14-16)15-12(18)8-5-3-2-4-6-8/h2-3,7-8H,4-6H2,1H3,(H2,13,17)(H,15,18). The van der Waals surface area contributed by atoms with Gasteiger partial charge in [-0.25, -0.2) is 0 Å². The quantitative estimate of drug-likeness (QED) is 0.776. The molecule has 1 heterocycles. The molecule has 0 bridgehead atoms. The fourth-order valence-electron chi connectivity index (χ4n) is 2.09. The van der Waals surface area contributed by atoms with Gasteiger partial charge in [0.05, 0.1) is 11.9 Å². The van der Waals surface area contributed by atoms with Crippen molar-refractivity contribution in [2.45, 2.75) is 19.3 Å². The van der Waals surface area contributed by atoms with Crippen LogP contribution in [0.5, 0.6) is 0 Å². The van der Waals surface area contributed by atoms with Gasteiger partial charge < -0.3 is 11.1 Å². The number of primary amides is 1. The molecule has 2 rings (SSSR count). The third-order valence-electron chi connectivity index (χ3n) is 3.07. The molecule has 1 atom stereocenters. The van der Waals surface area contributed by atoms with E-state index in [9.17, 15) is 9.59 Å². The molecule has 0 saturated carbocycles. The molecule has 6 nitrogen and oxygen atoms in total. The summed E-state index contributed by atoms with van der Waals surface area (Å²) < 4.78 is 1.36. The van der Waals surface area contributed by atoms with Crippen LogP contribution in [-0.4, -0.2) is 21.6 Å². The maximum atomic E-state index is 12.0. The predicted molar refractivity (Wildman–Crippen MR) is 66.8 cm³/mol. The highest BCUT2D eigenvalue weighted by atomic mass is 16.2. The second-order valence-electron chi connectivity index (χ2n) is 4.37. The third-order valence-corrected chi connectivity index (χ3v) is 3.07. The summed E-state index contributed by atoms with van der Waals surface area (Å²) in [7, 11) is 1.61. The van der Waals surface area contributed by atoms with Crippen molar-refractivity contribution in [1.29, 1.82) is 0 Å². The van der Waals surface area contributed by atoms with Crippen LogP contribution >= 0.6 is 0 Å². The van der Waals surface area contributed by atoms with Crippen LogP contribution in [0.15, 0.2) is 18.3 Å². The molecule has 1 aliphatic rings. The maximum Gasteiger partial charge on any atom is 0.269 e. The fourth-order valence-corrected chi connectivity index (χ4v) is 2.09. The lowest BCUT2D eigenvalue weighted by Crippen LogP contribution is -2.25. The summed E-state index contributed by atoms with van der Waals surface area (Å²) >= 11 is 0. The highest BCUT2D eigenvalue weighted by Gasteiger charge is 2.22. The second-order valence-corrected chi connectivity index (χ2v) is 4.37. The molecule has 1 unspecified atom stereocenters. The van der Waals surface area contributed by atoms with Crippen LogP contribution in [0.2, 0.25) is 0 Å². The number of nitrogens with one attached hydrogen (secondary N) is 1. The van der Waals surface area contributed by atoms with Crippen LogP contribution < -0.4 is 11.1 Å². The smallest absolute Gasteiger partial charge is 0.269 e. The number of anilines is 1. The Morgan fingerprint density at radius 1 is 1.50 bits per heavy atom. The second kappa shape index (κ2) is 5.03. The Hall–Kier alpha value is -2.11. The Labute approximate surface area is 105 Å². The number of rotatable bonds is 3. The number of allylic oxidation sites excluding steroid dienone is 2. The van der Waals surface area contributed by atoms with Crippen LogP contribution in [0.3, 0.4) is 0 Å². The fraction of sp³-hybridized carbons (Fsp3) is 0.417. The summed E-state index contributed by atoms with van der Waals surface area (Å²) in [6.07, 6.45) is 7.99. The van der Waals surface area contributed by atoms with E-state index in [1.54, 1.807) is 7.05 Å². The van der Waals surface area contributed by atoms with Crippen molar-refractivity contribution in [3.8, 4) is 0 Å². The van der Waals surface area contributed by atoms with Gasteiger partial charge in [-0.3, -0.25) is 14.3 Å². The molecule has 1 aliphatic carbocycles. The average molecular weight is 248 g/mol. The van der Waals surface area contributed by atoms with E-state index in [4.69, 9.17) is 5.73 Å². The van der Waals surface area contributed by atoms with E-state index in [1.165, 1.54) is 10.9 Å². The number of hydrogen-bond donors (Lipinski definition) is 2. The number of nitrogens with zero attached hydrogens (tertiary/aromatic N) is 2. The molecule has 0 fully saturated rings. The molecule has 1 aromatic heterocycles. The van der Waals surface area contributed by atoms with Gasteiger partial charge in [0.25, 0.3) is 5.91 Å². The molecule has 3 N–H and O–H groups in total. The van der Waals surface area contributed by atoms with Gasteiger partial charge in [-0.05, 0) is 19.3 Å². The number of amides is 2. The van der Waals surface area contributed by atoms with E-state index in [-0.39, 0.29) is 17.5 Å². The van der Waals surface area contributed by atoms with Crippen molar-refractivity contribution in [2.24, 2.45) is 18.7 Å². The molecule has 6 heteroatoms. The molecule has 96 valence electrons. The predicted octanol–water partition coefficient (Wildman–Crippen LogP) is 0.814. The lowest BCUT2D eigenvalue weighted by atomic mass is 9.93. The summed E-state index contributed by atoms with van der Waals surface area (Å²) in [5, 5.41) is 6.65. The minimum Gasteiger partial charge on any atom is -0.364 e. The zero-order valence-electron chi connectivity index (χ0n) is 10.2. The number of aryl methyl sites for hydroxylation is 1. The molecule has 0 radical (unpaired) electrons. The monoisotopic (exact) mass is 248 g/mol. The van der Waals surface area contributed by atoms with Gasteiger partial charge in [-0.1, -0.05) is 12.2 Å². The first-order valence-corrected chi connectivity index (χ1v) is 5.87. The van der Waals surface area contributed by atoms with Crippen molar-refractivity contribution in [3.05, 3.63) is 24.0 Å². The van der Waals surface area contributed by atoms with Crippen LogP contribution in [0, 0.1) is 5.92 Å². The number of nitrogens with two attached hydrogens (primary N) is 1. The number of aromatic nitrogens is 2. The van der Waals surface area contributed by atoms with Crippen LogP contribution in [-0.2, 0) is 11.8 Å². The molecular weight excluding hydrogens is 232 g/mol. The first-order valence-electron chi connectivity index (χ1n) is 5.87. The molecule has 0 saturated heterocycles. The molecule has 0 aliphatic heterocycles. The van der Waals surface area contributed by atoms with Gasteiger partial charge in [0.1, 0.15) is 5.69 Å². The summed E-state index contributed by atoms with van der Waals surface area (Å²) in [5.41, 5.74) is 5.85. The topological polar surface area (TPSA) is 90.0 Å². The average Bonchev–Trinajstić information content (AvgIpc) is 2.71. The molecule has 1 aromatic rings. The van der Waals surface area contributed by atoms with E-state index < -0.39 is 5.91 Å². The SMILES string of the molecule is Cn1ncc(NC(=O)C2CC=CCC2)c1C(N)=O. The molecule has 0 spiro atoms. The first-order chi connectivity index (χ1) is 8.59. The minimum atomic E-state index is -0.603. The van der Waals surface area contributed by atoms with Crippen LogP contribution in [0.4, 0.5) is 5.69 Å². The summed E-state index contributed by atoms with van der Waals surface area (Å²) in [5.74, 6) is -0.736. The summed E-state index contributed by atoms with van der Waals surface area (Å²) in [4.78, 5) is 23.3. The van der Waals surface area contributed by atoms with E-state index in [0.717, 1.165) is 19.3 Å². The molecule has 2 amide bonds. The summed E-state index contributed by atoms with van der Waals surface area (Å²) in [6, 6.07) is 0. The van der Waals surface area contributed by atoms with Crippen LogP contribution in [0.1, 0.15) is 29.8 Å². The third kappa shape index (κ3) is 2.42. The van der Waals surface area contributed by atoms with Gasteiger partial charge in [0.15, 0.2) is 0 Å². The normalized spacial score (nSPS) is 18.6. The molecule has 0 aromatic carbocycles. The van der Waals surface area contributed by atoms with Gasteiger partial charge in [-0.2, -0.15) is 5.10 Å². The lowest BCUT2D eigenvalue weighted by molar-refractivity contribution is -0.120. The highest BCUT2D eigenvalue weighted by molar-refractivity contribution is 6.02. The van der Waals surface area contributed by atoms with E-state index in [1.807, 2.05) is 6.08 Å². The number of carbonyl (C=O) groups excluding carboxylic acids is 2. The van der Waals surface area contributed by atoms with Gasteiger partial charge in [0, 0.05) is 13.0 Å². The summed E-state index contributed by atoms with van der Waals surface area (Å²) in [6.45, 7) is 0. The van der Waals surface area contributed by atoms with Gasteiger partial charge in [-0.15, -0.1) is 0 Å². The largest absolute Gasteiger partial charge is 0.364 e. The Bertz CT molecular complexity index is 504. The Balaban J connectivity index is 2.12. The van der Waals surface area contributed by atoms with Gasteiger partial charge in [0.2, 0.25) is 5.91 Å². The number of carbonyl (C=O) groups is 2. The first kappa shape index (κ1) is 12.3. The maximum absolute atomic E-state index is 12.0. The zero-order valence-corrected chi connectivity index (χ0v) is 10.2. The van der Waals surface area contributed by atoms with Crippen molar-refractivity contribution in [2.75, 3.05) is 5.32 Å². The molecular formula is C12H16N4O2. The van der Waals surface area contributed by atoms with Crippen molar-refractivity contribution >= 4 is 17.5 Å². The van der Waals surface area contributed by atoms with Crippen molar-refractivity contribution in [1.82, 2.24) is 9.78 Å². The Kier molecular flexibility index (Phi) is 3.45. The molecule has 18 heavy (non-hydrogen) atoms. The minimum absolute atomic E-state index is 0.0454. The zero-order chi connectivity index (χ0) is 13.1. The Morgan fingerprint density at radius 3 is 2.89 bits per heavy atom. The van der Waals surface area contributed by atoms with Gasteiger partial charge >= 0.3 is 0 Å². The van der Waals surface area contributed by atoms with Crippen LogP contribution in [0.25, 0.3) is 0 Å². The van der Waals surface area contributed by atoms with E-state index in [2.05, 4.69) is 16.5 Å². The van der Waals surface area contributed by atoms with E-state index >= 15 is 0 Å².